The van der Waals surface area contributed by atoms with E-state index < -0.39 is 21.9 Å². The van der Waals surface area contributed by atoms with E-state index >= 15 is 0 Å². The van der Waals surface area contributed by atoms with E-state index in [0.717, 1.165) is 11.6 Å². The lowest BCUT2D eigenvalue weighted by Gasteiger charge is -2.15. The quantitative estimate of drug-likeness (QED) is 0.586. The minimum absolute atomic E-state index is 0.0622. The summed E-state index contributed by atoms with van der Waals surface area (Å²) in [6, 6.07) is 18.4. The molecule has 2 N–H and O–H groups in total. The number of anilines is 2. The normalized spacial score (nSPS) is 12.1. The van der Waals surface area contributed by atoms with Gasteiger partial charge < -0.3 is 10.1 Å². The van der Waals surface area contributed by atoms with Crippen LogP contribution in [0.5, 0.6) is 5.75 Å². The summed E-state index contributed by atoms with van der Waals surface area (Å²) in [7, 11) is -3.97. The lowest BCUT2D eigenvalue weighted by molar-refractivity contribution is -0.122. The van der Waals surface area contributed by atoms with E-state index in [4.69, 9.17) is 4.74 Å². The standard InChI is InChI=1S/C22H21FN2O4S/c1-15-6-5-7-18(14-15)29-16(2)22(26)24-17-10-12-19(13-11-17)30(27,28)25-21-9-4-3-8-20(21)23/h3-14,16,25H,1-2H3,(H,24,26)/t16-/m1/s1. The summed E-state index contributed by atoms with van der Waals surface area (Å²) >= 11 is 0. The number of carbonyl (C=O) groups excluding carboxylic acids is 1. The van der Waals surface area contributed by atoms with Crippen LogP contribution in [0.2, 0.25) is 0 Å². The van der Waals surface area contributed by atoms with Crippen LogP contribution in [0.15, 0.2) is 77.7 Å². The molecule has 0 heterocycles. The van der Waals surface area contributed by atoms with Crippen molar-refractivity contribution in [3.05, 3.63) is 84.2 Å². The van der Waals surface area contributed by atoms with Crippen molar-refractivity contribution in [3.63, 3.8) is 0 Å². The van der Waals surface area contributed by atoms with E-state index in [-0.39, 0.29) is 16.5 Å². The number of halogens is 1. The van der Waals surface area contributed by atoms with Crippen LogP contribution in [0.25, 0.3) is 0 Å². The molecule has 0 fully saturated rings. The molecule has 30 heavy (non-hydrogen) atoms. The third kappa shape index (κ3) is 5.36. The van der Waals surface area contributed by atoms with Crippen LogP contribution in [0.4, 0.5) is 15.8 Å². The first-order valence-electron chi connectivity index (χ1n) is 9.16. The van der Waals surface area contributed by atoms with Crippen LogP contribution >= 0.6 is 0 Å². The van der Waals surface area contributed by atoms with E-state index in [0.29, 0.717) is 11.4 Å². The van der Waals surface area contributed by atoms with E-state index in [2.05, 4.69) is 10.0 Å². The molecule has 0 saturated heterocycles. The van der Waals surface area contributed by atoms with Gasteiger partial charge >= 0.3 is 0 Å². The van der Waals surface area contributed by atoms with Gasteiger partial charge in [0.25, 0.3) is 15.9 Å². The molecular weight excluding hydrogens is 407 g/mol. The SMILES string of the molecule is Cc1cccc(O[C@H](C)C(=O)Nc2ccc(S(=O)(=O)Nc3ccccc3F)cc2)c1. The van der Waals surface area contributed by atoms with Crippen LogP contribution in [0, 0.1) is 12.7 Å². The Labute approximate surface area is 174 Å². The summed E-state index contributed by atoms with van der Waals surface area (Å²) in [4.78, 5) is 12.3. The van der Waals surface area contributed by atoms with Crippen molar-refractivity contribution in [1.82, 2.24) is 0 Å². The molecule has 1 amide bonds. The molecule has 0 saturated carbocycles. The monoisotopic (exact) mass is 428 g/mol. The largest absolute Gasteiger partial charge is 0.481 e. The number of hydrogen-bond acceptors (Lipinski definition) is 4. The Balaban J connectivity index is 1.65. The molecule has 3 aromatic rings. The minimum Gasteiger partial charge on any atom is -0.481 e. The molecule has 1 atom stereocenters. The Kier molecular flexibility index (Phi) is 6.37. The zero-order valence-electron chi connectivity index (χ0n) is 16.4. The van der Waals surface area contributed by atoms with E-state index in [1.807, 2.05) is 25.1 Å². The predicted molar refractivity (Wildman–Crippen MR) is 114 cm³/mol. The fraction of sp³-hybridized carbons (Fsp3) is 0.136. The summed E-state index contributed by atoms with van der Waals surface area (Å²) in [5, 5.41) is 2.67. The first kappa shape index (κ1) is 21.3. The number of rotatable bonds is 7. The zero-order chi connectivity index (χ0) is 21.7. The highest BCUT2D eigenvalue weighted by Crippen LogP contribution is 2.21. The van der Waals surface area contributed by atoms with E-state index in [1.54, 1.807) is 13.0 Å². The minimum atomic E-state index is -3.97. The fourth-order valence-corrected chi connectivity index (χ4v) is 3.72. The van der Waals surface area contributed by atoms with Crippen LogP contribution in [-0.2, 0) is 14.8 Å². The van der Waals surface area contributed by atoms with E-state index in [9.17, 15) is 17.6 Å². The molecule has 0 aliphatic carbocycles. The molecule has 0 aliphatic heterocycles. The van der Waals surface area contributed by atoms with Crippen molar-refractivity contribution in [3.8, 4) is 5.75 Å². The lowest BCUT2D eigenvalue weighted by Crippen LogP contribution is -2.30. The van der Waals surface area contributed by atoms with Gasteiger partial charge in [-0.25, -0.2) is 12.8 Å². The second kappa shape index (κ2) is 8.96. The summed E-state index contributed by atoms with van der Waals surface area (Å²) in [6.45, 7) is 3.54. The summed E-state index contributed by atoms with van der Waals surface area (Å²) in [5.41, 5.74) is 1.28. The first-order chi connectivity index (χ1) is 14.2. The van der Waals surface area contributed by atoms with Crippen LogP contribution in [-0.4, -0.2) is 20.4 Å². The number of para-hydroxylation sites is 1. The third-order valence-corrected chi connectivity index (χ3v) is 5.60. The van der Waals surface area contributed by atoms with Gasteiger partial charge in [-0.2, -0.15) is 0 Å². The van der Waals surface area contributed by atoms with Gasteiger partial charge in [0.1, 0.15) is 11.6 Å². The first-order valence-corrected chi connectivity index (χ1v) is 10.6. The highest BCUT2D eigenvalue weighted by Gasteiger charge is 2.18. The topological polar surface area (TPSA) is 84.5 Å². The number of hydrogen-bond donors (Lipinski definition) is 2. The maximum Gasteiger partial charge on any atom is 0.265 e. The van der Waals surface area contributed by atoms with E-state index in [1.165, 1.54) is 42.5 Å². The second-order valence-electron chi connectivity index (χ2n) is 6.68. The Hall–Kier alpha value is -3.39. The van der Waals surface area contributed by atoms with Gasteiger partial charge in [0.2, 0.25) is 0 Å². The number of benzene rings is 3. The zero-order valence-corrected chi connectivity index (χ0v) is 17.2. The van der Waals surface area contributed by atoms with Crippen LogP contribution < -0.4 is 14.8 Å². The molecule has 6 nitrogen and oxygen atoms in total. The van der Waals surface area contributed by atoms with Gasteiger partial charge in [0.05, 0.1) is 10.6 Å². The molecular formula is C22H21FN2O4S. The Morgan fingerprint density at radius 2 is 1.70 bits per heavy atom. The summed E-state index contributed by atoms with van der Waals surface area (Å²) in [5.74, 6) is -0.470. The molecule has 0 radical (unpaired) electrons. The Morgan fingerprint density at radius 3 is 2.37 bits per heavy atom. The van der Waals surface area contributed by atoms with Gasteiger partial charge in [-0.1, -0.05) is 24.3 Å². The van der Waals surface area contributed by atoms with Crippen molar-refractivity contribution in [2.45, 2.75) is 24.8 Å². The molecule has 3 rings (SSSR count). The van der Waals surface area contributed by atoms with Crippen molar-refractivity contribution in [2.75, 3.05) is 10.0 Å². The Bertz CT molecular complexity index is 1150. The van der Waals surface area contributed by atoms with Crippen molar-refractivity contribution in [2.24, 2.45) is 0 Å². The third-order valence-electron chi connectivity index (χ3n) is 4.22. The van der Waals surface area contributed by atoms with Crippen LogP contribution in [0.1, 0.15) is 12.5 Å². The molecule has 0 unspecified atom stereocenters. The average molecular weight is 428 g/mol. The van der Waals surface area contributed by atoms with Crippen LogP contribution in [0.3, 0.4) is 0 Å². The van der Waals surface area contributed by atoms with Gasteiger partial charge in [-0.15, -0.1) is 0 Å². The van der Waals surface area contributed by atoms with Gasteiger partial charge in [-0.05, 0) is 67.9 Å². The summed E-state index contributed by atoms with van der Waals surface area (Å²) in [6.07, 6.45) is -0.752. The van der Waals surface area contributed by atoms with Gasteiger partial charge in [0, 0.05) is 5.69 Å². The average Bonchev–Trinajstić information content (AvgIpc) is 2.70. The number of ether oxygens (including phenoxy) is 1. The molecule has 156 valence electrons. The molecule has 8 heteroatoms. The highest BCUT2D eigenvalue weighted by molar-refractivity contribution is 7.92. The number of amides is 1. The molecule has 0 spiro atoms. The molecule has 3 aromatic carbocycles. The molecule has 0 bridgehead atoms. The smallest absolute Gasteiger partial charge is 0.265 e. The molecule has 0 aliphatic rings. The number of nitrogens with one attached hydrogen (secondary N) is 2. The van der Waals surface area contributed by atoms with Crippen molar-refractivity contribution < 1.29 is 22.3 Å². The number of carbonyl (C=O) groups is 1. The maximum absolute atomic E-state index is 13.7. The molecule has 0 aromatic heterocycles. The Morgan fingerprint density at radius 1 is 1.00 bits per heavy atom. The van der Waals surface area contributed by atoms with Gasteiger partial charge in [-0.3, -0.25) is 9.52 Å². The second-order valence-corrected chi connectivity index (χ2v) is 8.36. The van der Waals surface area contributed by atoms with Crippen molar-refractivity contribution in [1.29, 1.82) is 0 Å². The number of sulfonamides is 1. The fourth-order valence-electron chi connectivity index (χ4n) is 2.66. The predicted octanol–water partition coefficient (Wildman–Crippen LogP) is 4.34. The van der Waals surface area contributed by atoms with Crippen molar-refractivity contribution >= 4 is 27.3 Å². The number of aryl methyl sites for hydroxylation is 1. The summed E-state index contributed by atoms with van der Waals surface area (Å²) < 4.78 is 46.4. The highest BCUT2D eigenvalue weighted by atomic mass is 32.2. The maximum atomic E-state index is 13.7. The lowest BCUT2D eigenvalue weighted by atomic mass is 10.2. The van der Waals surface area contributed by atoms with Gasteiger partial charge in [0.15, 0.2) is 6.10 Å².